The van der Waals surface area contributed by atoms with Crippen LogP contribution in [0, 0.1) is 0 Å². The van der Waals surface area contributed by atoms with E-state index in [9.17, 15) is 13.2 Å². The minimum Gasteiger partial charge on any atom is -0.497 e. The van der Waals surface area contributed by atoms with Gasteiger partial charge in [0.2, 0.25) is 11.8 Å². The van der Waals surface area contributed by atoms with E-state index < -0.39 is 17.8 Å². The minimum atomic E-state index is -4.63. The minimum absolute atomic E-state index is 0.282. The SMILES string of the molecule is COc1ccc(Oc2cc(C(F)(F)F)nc(NN)n2)cc1. The van der Waals surface area contributed by atoms with E-state index in [-0.39, 0.29) is 5.88 Å². The number of halogens is 3. The largest absolute Gasteiger partial charge is 0.497 e. The van der Waals surface area contributed by atoms with Gasteiger partial charge in [-0.15, -0.1) is 0 Å². The fourth-order valence-corrected chi connectivity index (χ4v) is 1.45. The van der Waals surface area contributed by atoms with Gasteiger partial charge >= 0.3 is 6.18 Å². The van der Waals surface area contributed by atoms with Crippen LogP contribution in [0.5, 0.6) is 17.4 Å². The van der Waals surface area contributed by atoms with Crippen LogP contribution in [-0.2, 0) is 6.18 Å². The third kappa shape index (κ3) is 3.72. The molecule has 0 aliphatic carbocycles. The first kappa shape index (κ1) is 14.9. The van der Waals surface area contributed by atoms with Crippen LogP contribution in [0.25, 0.3) is 0 Å². The molecule has 0 aliphatic heterocycles. The summed E-state index contributed by atoms with van der Waals surface area (Å²) < 4.78 is 48.3. The predicted molar refractivity (Wildman–Crippen MR) is 67.9 cm³/mol. The zero-order valence-corrected chi connectivity index (χ0v) is 10.8. The van der Waals surface area contributed by atoms with Crippen LogP contribution in [0.15, 0.2) is 30.3 Å². The second kappa shape index (κ2) is 5.83. The molecule has 112 valence electrons. The second-order valence-electron chi connectivity index (χ2n) is 3.83. The quantitative estimate of drug-likeness (QED) is 0.667. The van der Waals surface area contributed by atoms with Crippen molar-refractivity contribution in [3.63, 3.8) is 0 Å². The Morgan fingerprint density at radius 2 is 1.71 bits per heavy atom. The van der Waals surface area contributed by atoms with Gasteiger partial charge in [0.05, 0.1) is 7.11 Å². The van der Waals surface area contributed by atoms with Crippen LogP contribution in [0.1, 0.15) is 5.69 Å². The predicted octanol–water partition coefficient (Wildman–Crippen LogP) is 2.58. The lowest BCUT2D eigenvalue weighted by molar-refractivity contribution is -0.141. The lowest BCUT2D eigenvalue weighted by Crippen LogP contribution is -2.15. The molecule has 0 bridgehead atoms. The van der Waals surface area contributed by atoms with Crippen molar-refractivity contribution in [2.24, 2.45) is 5.84 Å². The fourth-order valence-electron chi connectivity index (χ4n) is 1.45. The lowest BCUT2D eigenvalue weighted by Gasteiger charge is -2.11. The average molecular weight is 300 g/mol. The number of benzene rings is 1. The molecule has 0 saturated carbocycles. The van der Waals surface area contributed by atoms with Crippen molar-refractivity contribution in [2.75, 3.05) is 12.5 Å². The summed E-state index contributed by atoms with van der Waals surface area (Å²) in [5.41, 5.74) is 0.803. The van der Waals surface area contributed by atoms with Crippen molar-refractivity contribution in [1.82, 2.24) is 9.97 Å². The number of nitrogens with zero attached hydrogens (tertiary/aromatic N) is 2. The molecule has 2 aromatic rings. The number of hydrogen-bond acceptors (Lipinski definition) is 6. The molecule has 1 heterocycles. The summed E-state index contributed by atoms with van der Waals surface area (Å²) in [6.45, 7) is 0. The first-order valence-corrected chi connectivity index (χ1v) is 5.67. The Morgan fingerprint density at radius 3 is 2.24 bits per heavy atom. The van der Waals surface area contributed by atoms with Crippen LogP contribution in [0.2, 0.25) is 0 Å². The molecule has 3 N–H and O–H groups in total. The van der Waals surface area contributed by atoms with Crippen molar-refractivity contribution in [3.8, 4) is 17.4 Å². The molecule has 1 aromatic heterocycles. The second-order valence-corrected chi connectivity index (χ2v) is 3.83. The van der Waals surface area contributed by atoms with Gasteiger partial charge in [0.15, 0.2) is 5.69 Å². The van der Waals surface area contributed by atoms with E-state index in [2.05, 4.69) is 9.97 Å². The number of nitrogens with one attached hydrogen (secondary N) is 1. The van der Waals surface area contributed by atoms with Gasteiger partial charge in [-0.05, 0) is 24.3 Å². The van der Waals surface area contributed by atoms with Gasteiger partial charge in [0.1, 0.15) is 11.5 Å². The summed E-state index contributed by atoms with van der Waals surface area (Å²) in [7, 11) is 1.50. The first-order valence-electron chi connectivity index (χ1n) is 5.67. The number of nitrogen functional groups attached to an aromatic ring is 1. The summed E-state index contributed by atoms with van der Waals surface area (Å²) in [6, 6.07) is 6.95. The number of methoxy groups -OCH3 is 1. The van der Waals surface area contributed by atoms with E-state index in [0.717, 1.165) is 0 Å². The molecule has 0 spiro atoms. The monoisotopic (exact) mass is 300 g/mol. The summed E-state index contributed by atoms with van der Waals surface area (Å²) >= 11 is 0. The number of alkyl halides is 3. The van der Waals surface area contributed by atoms with E-state index in [1.54, 1.807) is 12.1 Å². The highest BCUT2D eigenvalue weighted by Crippen LogP contribution is 2.31. The van der Waals surface area contributed by atoms with Crippen LogP contribution in [0.4, 0.5) is 19.1 Å². The molecule has 0 atom stereocenters. The highest BCUT2D eigenvalue weighted by Gasteiger charge is 2.34. The van der Waals surface area contributed by atoms with Crippen molar-refractivity contribution in [3.05, 3.63) is 36.0 Å². The molecule has 0 aliphatic rings. The smallest absolute Gasteiger partial charge is 0.433 e. The number of anilines is 1. The molecular formula is C12H11F3N4O2. The van der Waals surface area contributed by atoms with E-state index in [4.69, 9.17) is 15.3 Å². The number of ether oxygens (including phenoxy) is 2. The standard InChI is InChI=1S/C12H11F3N4O2/c1-20-7-2-4-8(5-3-7)21-10-6-9(12(13,14)15)17-11(18-10)19-16/h2-6H,16H2,1H3,(H,17,18,19). The van der Waals surface area contributed by atoms with Gasteiger partial charge in [0.25, 0.3) is 0 Å². The highest BCUT2D eigenvalue weighted by molar-refractivity contribution is 5.36. The highest BCUT2D eigenvalue weighted by atomic mass is 19.4. The topological polar surface area (TPSA) is 82.3 Å². The maximum Gasteiger partial charge on any atom is 0.433 e. The molecule has 1 aromatic carbocycles. The first-order chi connectivity index (χ1) is 9.92. The molecule has 0 amide bonds. The molecule has 6 nitrogen and oxygen atoms in total. The molecule has 9 heteroatoms. The summed E-state index contributed by atoms with van der Waals surface area (Å²) in [4.78, 5) is 6.92. The molecule has 0 unspecified atom stereocenters. The Hall–Kier alpha value is -2.55. The number of rotatable bonds is 4. The Bertz CT molecular complexity index is 617. The zero-order valence-electron chi connectivity index (χ0n) is 10.8. The molecule has 2 rings (SSSR count). The Balaban J connectivity index is 2.29. The van der Waals surface area contributed by atoms with E-state index in [1.807, 2.05) is 5.43 Å². The van der Waals surface area contributed by atoms with Crippen molar-refractivity contribution in [2.45, 2.75) is 6.18 Å². The Morgan fingerprint density at radius 1 is 1.10 bits per heavy atom. The van der Waals surface area contributed by atoms with Crippen LogP contribution >= 0.6 is 0 Å². The summed E-state index contributed by atoms with van der Waals surface area (Å²) in [5, 5.41) is 0. The van der Waals surface area contributed by atoms with Gasteiger partial charge in [-0.25, -0.2) is 10.8 Å². The lowest BCUT2D eigenvalue weighted by atomic mass is 10.3. The maximum atomic E-state index is 12.7. The summed E-state index contributed by atoms with van der Waals surface area (Å²) in [5.74, 6) is 5.26. The molecule has 0 radical (unpaired) electrons. The van der Waals surface area contributed by atoms with Gasteiger partial charge in [-0.1, -0.05) is 0 Å². The van der Waals surface area contributed by atoms with E-state index in [1.165, 1.54) is 19.2 Å². The normalized spacial score (nSPS) is 11.1. The number of nitrogens with two attached hydrogens (primary N) is 1. The van der Waals surface area contributed by atoms with Crippen LogP contribution < -0.4 is 20.7 Å². The number of hydrogen-bond donors (Lipinski definition) is 2. The Kier molecular flexibility index (Phi) is 4.13. The van der Waals surface area contributed by atoms with E-state index >= 15 is 0 Å². The van der Waals surface area contributed by atoms with Crippen molar-refractivity contribution >= 4 is 5.95 Å². The third-order valence-corrected chi connectivity index (χ3v) is 2.40. The fraction of sp³-hybridized carbons (Fsp3) is 0.167. The van der Waals surface area contributed by atoms with Gasteiger partial charge in [-0.3, -0.25) is 5.43 Å². The molecule has 21 heavy (non-hydrogen) atoms. The van der Waals surface area contributed by atoms with E-state index in [0.29, 0.717) is 17.6 Å². The summed E-state index contributed by atoms with van der Waals surface area (Å²) in [6.07, 6.45) is -4.63. The molecule has 0 fully saturated rings. The average Bonchev–Trinajstić information content (AvgIpc) is 2.46. The van der Waals surface area contributed by atoms with Gasteiger partial charge < -0.3 is 9.47 Å². The van der Waals surface area contributed by atoms with Gasteiger partial charge in [-0.2, -0.15) is 18.2 Å². The van der Waals surface area contributed by atoms with Crippen LogP contribution in [0.3, 0.4) is 0 Å². The van der Waals surface area contributed by atoms with Crippen LogP contribution in [-0.4, -0.2) is 17.1 Å². The number of hydrazine groups is 1. The molecular weight excluding hydrogens is 289 g/mol. The maximum absolute atomic E-state index is 12.7. The van der Waals surface area contributed by atoms with Crippen molar-refractivity contribution in [1.29, 1.82) is 0 Å². The van der Waals surface area contributed by atoms with Crippen molar-refractivity contribution < 1.29 is 22.6 Å². The third-order valence-electron chi connectivity index (χ3n) is 2.40. The van der Waals surface area contributed by atoms with Gasteiger partial charge in [0, 0.05) is 6.07 Å². The number of aromatic nitrogens is 2. The molecule has 0 saturated heterocycles. The zero-order chi connectivity index (χ0) is 15.5. The Labute approximate surface area is 117 Å².